The van der Waals surface area contributed by atoms with Crippen LogP contribution in [0, 0.1) is 0 Å². The standard InChI is InChI=1S/C14H13N3/c1-11(8-9-16-17-15)13-7-6-12-4-2-3-5-14(12)10-13/h2-8,10H,9H2,1H3/b11-8+. The topological polar surface area (TPSA) is 48.8 Å². The van der Waals surface area contributed by atoms with Crippen molar-refractivity contribution in [3.8, 4) is 0 Å². The van der Waals surface area contributed by atoms with Gasteiger partial charge in [0.1, 0.15) is 0 Å². The van der Waals surface area contributed by atoms with Crippen LogP contribution in [0.4, 0.5) is 0 Å². The highest BCUT2D eigenvalue weighted by molar-refractivity contribution is 5.86. The fraction of sp³-hybridized carbons (Fsp3) is 0.143. The minimum Gasteiger partial charge on any atom is -0.0899 e. The first kappa shape index (κ1) is 11.2. The molecule has 2 aromatic carbocycles. The van der Waals surface area contributed by atoms with E-state index >= 15 is 0 Å². The first-order valence-corrected chi connectivity index (χ1v) is 5.48. The van der Waals surface area contributed by atoms with Crippen molar-refractivity contribution in [1.29, 1.82) is 0 Å². The lowest BCUT2D eigenvalue weighted by Gasteiger charge is -2.03. The van der Waals surface area contributed by atoms with Gasteiger partial charge in [-0.25, -0.2) is 0 Å². The van der Waals surface area contributed by atoms with E-state index < -0.39 is 0 Å². The van der Waals surface area contributed by atoms with Gasteiger partial charge in [0.25, 0.3) is 0 Å². The lowest BCUT2D eigenvalue weighted by molar-refractivity contribution is 1.21. The summed E-state index contributed by atoms with van der Waals surface area (Å²) in [7, 11) is 0. The third-order valence-corrected chi connectivity index (χ3v) is 2.75. The zero-order valence-corrected chi connectivity index (χ0v) is 9.67. The molecule has 84 valence electrons. The smallest absolute Gasteiger partial charge is 0.0445 e. The van der Waals surface area contributed by atoms with Gasteiger partial charge in [-0.2, -0.15) is 0 Å². The molecule has 2 aromatic rings. The van der Waals surface area contributed by atoms with E-state index in [9.17, 15) is 0 Å². The summed E-state index contributed by atoms with van der Waals surface area (Å²) in [4.78, 5) is 2.73. The van der Waals surface area contributed by atoms with Crippen molar-refractivity contribution >= 4 is 16.3 Å². The van der Waals surface area contributed by atoms with Crippen LogP contribution in [-0.4, -0.2) is 6.54 Å². The molecule has 0 saturated carbocycles. The molecule has 3 heteroatoms. The third kappa shape index (κ3) is 2.65. The van der Waals surface area contributed by atoms with Crippen LogP contribution >= 0.6 is 0 Å². The summed E-state index contributed by atoms with van der Waals surface area (Å²) in [5.41, 5.74) is 10.5. The summed E-state index contributed by atoms with van der Waals surface area (Å²) < 4.78 is 0. The maximum Gasteiger partial charge on any atom is 0.0445 e. The number of azide groups is 1. The predicted molar refractivity (Wildman–Crippen MR) is 71.6 cm³/mol. The molecular weight excluding hydrogens is 210 g/mol. The normalized spacial score (nSPS) is 11.2. The molecule has 0 unspecified atom stereocenters. The Hall–Kier alpha value is -2.25. The molecule has 0 aliphatic carbocycles. The van der Waals surface area contributed by atoms with Gasteiger partial charge in [0.05, 0.1) is 0 Å². The molecule has 0 spiro atoms. The van der Waals surface area contributed by atoms with Crippen molar-refractivity contribution in [2.45, 2.75) is 6.92 Å². The van der Waals surface area contributed by atoms with Crippen molar-refractivity contribution in [2.24, 2.45) is 5.11 Å². The van der Waals surface area contributed by atoms with Crippen LogP contribution in [0.2, 0.25) is 0 Å². The van der Waals surface area contributed by atoms with Gasteiger partial charge >= 0.3 is 0 Å². The van der Waals surface area contributed by atoms with Crippen LogP contribution in [0.1, 0.15) is 12.5 Å². The molecule has 0 heterocycles. The number of benzene rings is 2. The number of hydrogen-bond donors (Lipinski definition) is 0. The van der Waals surface area contributed by atoms with Crippen molar-refractivity contribution in [3.05, 3.63) is 64.5 Å². The molecule has 0 aliphatic rings. The van der Waals surface area contributed by atoms with Crippen LogP contribution < -0.4 is 0 Å². The highest BCUT2D eigenvalue weighted by Gasteiger charge is 1.97. The highest BCUT2D eigenvalue weighted by Crippen LogP contribution is 2.20. The molecule has 0 atom stereocenters. The zero-order valence-electron chi connectivity index (χ0n) is 9.67. The van der Waals surface area contributed by atoms with Crippen LogP contribution in [0.25, 0.3) is 26.8 Å². The van der Waals surface area contributed by atoms with Crippen molar-refractivity contribution < 1.29 is 0 Å². The molecule has 0 aromatic heterocycles. The number of rotatable bonds is 3. The zero-order chi connectivity index (χ0) is 12.1. The number of nitrogens with zero attached hydrogens (tertiary/aromatic N) is 3. The van der Waals surface area contributed by atoms with Crippen LogP contribution in [0.15, 0.2) is 53.7 Å². The third-order valence-electron chi connectivity index (χ3n) is 2.75. The molecule has 0 aliphatic heterocycles. The largest absolute Gasteiger partial charge is 0.0899 e. The average molecular weight is 223 g/mol. The van der Waals surface area contributed by atoms with E-state index in [-0.39, 0.29) is 0 Å². The SMILES string of the molecule is C/C(=C\CN=[N+]=[N-])c1ccc2ccccc2c1. The minimum atomic E-state index is 0.398. The molecule has 0 saturated heterocycles. The van der Waals surface area contributed by atoms with Gasteiger partial charge in [-0.15, -0.1) is 0 Å². The minimum absolute atomic E-state index is 0.398. The number of hydrogen-bond acceptors (Lipinski definition) is 1. The van der Waals surface area contributed by atoms with Crippen molar-refractivity contribution in [3.63, 3.8) is 0 Å². The molecule has 2 rings (SSSR count). The monoisotopic (exact) mass is 223 g/mol. The Kier molecular flexibility index (Phi) is 3.43. The summed E-state index contributed by atoms with van der Waals surface area (Å²) in [5.74, 6) is 0. The Balaban J connectivity index is 2.35. The van der Waals surface area contributed by atoms with Crippen LogP contribution in [0.5, 0.6) is 0 Å². The van der Waals surface area contributed by atoms with Gasteiger partial charge in [-0.3, -0.25) is 0 Å². The Morgan fingerprint density at radius 1 is 1.24 bits per heavy atom. The first-order valence-electron chi connectivity index (χ1n) is 5.48. The lowest BCUT2D eigenvalue weighted by atomic mass is 10.0. The summed E-state index contributed by atoms with van der Waals surface area (Å²) in [6, 6.07) is 14.6. The van der Waals surface area contributed by atoms with E-state index in [0.717, 1.165) is 11.1 Å². The molecule has 0 radical (unpaired) electrons. The van der Waals surface area contributed by atoms with Crippen LogP contribution in [-0.2, 0) is 0 Å². The van der Waals surface area contributed by atoms with Gasteiger partial charge in [0.2, 0.25) is 0 Å². The Morgan fingerprint density at radius 3 is 2.76 bits per heavy atom. The van der Waals surface area contributed by atoms with E-state index in [1.807, 2.05) is 25.1 Å². The molecule has 0 bridgehead atoms. The van der Waals surface area contributed by atoms with E-state index in [0.29, 0.717) is 6.54 Å². The summed E-state index contributed by atoms with van der Waals surface area (Å²) in [6.45, 7) is 2.42. The molecule has 0 fully saturated rings. The summed E-state index contributed by atoms with van der Waals surface area (Å²) >= 11 is 0. The Bertz CT molecular complexity index is 608. The Morgan fingerprint density at radius 2 is 2.00 bits per heavy atom. The molecule has 0 N–H and O–H groups in total. The van der Waals surface area contributed by atoms with E-state index in [4.69, 9.17) is 5.53 Å². The summed E-state index contributed by atoms with van der Waals surface area (Å²) in [6.07, 6.45) is 1.93. The second-order valence-corrected chi connectivity index (χ2v) is 3.86. The predicted octanol–water partition coefficient (Wildman–Crippen LogP) is 4.55. The maximum absolute atomic E-state index is 8.22. The molecular formula is C14H13N3. The highest BCUT2D eigenvalue weighted by atomic mass is 15.1. The molecule has 17 heavy (non-hydrogen) atoms. The number of allylic oxidation sites excluding steroid dienone is 1. The second kappa shape index (κ2) is 5.19. The van der Waals surface area contributed by atoms with Gasteiger partial charge in [0.15, 0.2) is 0 Å². The van der Waals surface area contributed by atoms with Crippen LogP contribution in [0.3, 0.4) is 0 Å². The average Bonchev–Trinajstić information content (AvgIpc) is 2.38. The van der Waals surface area contributed by atoms with E-state index in [2.05, 4.69) is 40.4 Å². The molecule has 0 amide bonds. The number of fused-ring (bicyclic) bond motifs is 1. The van der Waals surface area contributed by atoms with Gasteiger partial charge in [-0.1, -0.05) is 47.6 Å². The van der Waals surface area contributed by atoms with Gasteiger partial charge in [-0.05, 0) is 40.4 Å². The first-order chi connectivity index (χ1) is 8.31. The quantitative estimate of drug-likeness (QED) is 0.416. The fourth-order valence-corrected chi connectivity index (χ4v) is 1.77. The van der Waals surface area contributed by atoms with Crippen molar-refractivity contribution in [2.75, 3.05) is 6.54 Å². The van der Waals surface area contributed by atoms with E-state index in [1.165, 1.54) is 10.8 Å². The lowest BCUT2D eigenvalue weighted by Crippen LogP contribution is -1.82. The maximum atomic E-state index is 8.22. The second-order valence-electron chi connectivity index (χ2n) is 3.86. The molecule has 3 nitrogen and oxygen atoms in total. The van der Waals surface area contributed by atoms with Gasteiger partial charge < -0.3 is 0 Å². The van der Waals surface area contributed by atoms with Crippen molar-refractivity contribution in [1.82, 2.24) is 0 Å². The van der Waals surface area contributed by atoms with Gasteiger partial charge in [0, 0.05) is 11.5 Å². The Labute approximate surface area is 100 Å². The fourth-order valence-electron chi connectivity index (χ4n) is 1.77. The van der Waals surface area contributed by atoms with E-state index in [1.54, 1.807) is 0 Å². The summed E-state index contributed by atoms with van der Waals surface area (Å²) in [5, 5.41) is 5.96.